The third-order valence-corrected chi connectivity index (χ3v) is 0.612. The second-order valence-electron chi connectivity index (χ2n) is 1.18. The SMILES string of the molecule is C#CC#C[C]1C=C1. The summed E-state index contributed by atoms with van der Waals surface area (Å²) in [5.41, 5.74) is 0. The van der Waals surface area contributed by atoms with Crippen molar-refractivity contribution in [1.29, 1.82) is 0 Å². The Morgan fingerprint density at radius 2 is 2.14 bits per heavy atom. The van der Waals surface area contributed by atoms with Crippen LogP contribution in [0.2, 0.25) is 0 Å². The van der Waals surface area contributed by atoms with Gasteiger partial charge in [0.2, 0.25) is 0 Å². The predicted molar refractivity (Wildman–Crippen MR) is 29.0 cm³/mol. The summed E-state index contributed by atoms with van der Waals surface area (Å²) in [7, 11) is 0. The highest BCUT2D eigenvalue weighted by Gasteiger charge is 2.05. The van der Waals surface area contributed by atoms with E-state index in [0.29, 0.717) is 0 Å². The molecule has 0 atom stereocenters. The molecule has 0 saturated carbocycles. The molecule has 7 heavy (non-hydrogen) atoms. The quantitative estimate of drug-likeness (QED) is 0.383. The molecular formula is C7H3. The first-order chi connectivity index (χ1) is 3.43. The molecule has 1 radical (unpaired) electrons. The smallest absolute Gasteiger partial charge is 0.0921 e. The molecule has 1 rings (SSSR count). The Balaban J connectivity index is 2.35. The lowest BCUT2D eigenvalue weighted by Crippen LogP contribution is -1.58. The van der Waals surface area contributed by atoms with Crippen molar-refractivity contribution in [2.24, 2.45) is 0 Å². The Hall–Kier alpha value is -1.14. The number of hydrogen-bond acceptors (Lipinski definition) is 0. The fourth-order valence-corrected chi connectivity index (χ4v) is 0.233. The van der Waals surface area contributed by atoms with Crippen LogP contribution in [0.3, 0.4) is 0 Å². The van der Waals surface area contributed by atoms with Gasteiger partial charge in [-0.1, -0.05) is 18.1 Å². The van der Waals surface area contributed by atoms with Crippen molar-refractivity contribution in [3.05, 3.63) is 18.1 Å². The fraction of sp³-hybridized carbons (Fsp3) is 0. The van der Waals surface area contributed by atoms with Gasteiger partial charge in [0.25, 0.3) is 0 Å². The lowest BCUT2D eigenvalue weighted by molar-refractivity contribution is 1.85. The van der Waals surface area contributed by atoms with Crippen LogP contribution in [0.4, 0.5) is 0 Å². The molecule has 0 aromatic carbocycles. The maximum Gasteiger partial charge on any atom is 0.0921 e. The predicted octanol–water partition coefficient (Wildman–Crippen LogP) is 0.767. The normalized spacial score (nSPS) is 14.1. The number of hydrogen-bond donors (Lipinski definition) is 0. The molecule has 0 heteroatoms. The summed E-state index contributed by atoms with van der Waals surface area (Å²) in [4.78, 5) is 0. The Morgan fingerprint density at radius 3 is 2.57 bits per heavy atom. The van der Waals surface area contributed by atoms with E-state index in [1.54, 1.807) is 0 Å². The highest BCUT2D eigenvalue weighted by molar-refractivity contribution is 5.54. The van der Waals surface area contributed by atoms with Crippen LogP contribution in [-0.4, -0.2) is 0 Å². The Bertz CT molecular complexity index is 174. The summed E-state index contributed by atoms with van der Waals surface area (Å²) < 4.78 is 0. The maximum absolute atomic E-state index is 4.84. The third-order valence-electron chi connectivity index (χ3n) is 0.612. The molecule has 31 valence electrons. The first-order valence-corrected chi connectivity index (χ1v) is 1.95. The van der Waals surface area contributed by atoms with E-state index in [1.807, 2.05) is 12.2 Å². The molecule has 0 unspecified atom stereocenters. The van der Waals surface area contributed by atoms with Gasteiger partial charge in [-0.25, -0.2) is 0 Å². The Morgan fingerprint density at radius 1 is 1.43 bits per heavy atom. The molecule has 0 N–H and O–H groups in total. The lowest BCUT2D eigenvalue weighted by atomic mass is 10.4. The number of allylic oxidation sites excluding steroid dienone is 2. The zero-order chi connectivity index (χ0) is 5.11. The van der Waals surface area contributed by atoms with Crippen molar-refractivity contribution in [3.8, 4) is 24.2 Å². The fourth-order valence-electron chi connectivity index (χ4n) is 0.233. The third kappa shape index (κ3) is 1.16. The van der Waals surface area contributed by atoms with Crippen LogP contribution in [0.25, 0.3) is 0 Å². The molecule has 0 fully saturated rings. The summed E-state index contributed by atoms with van der Waals surface area (Å²) in [5, 5.41) is 0. The van der Waals surface area contributed by atoms with E-state index < -0.39 is 0 Å². The molecule has 0 spiro atoms. The number of terminal acetylenes is 1. The zero-order valence-electron chi connectivity index (χ0n) is 3.73. The largest absolute Gasteiger partial charge is 0.106 e. The van der Waals surface area contributed by atoms with Crippen molar-refractivity contribution in [2.45, 2.75) is 0 Å². The highest BCUT2D eigenvalue weighted by Crippen LogP contribution is 2.15. The van der Waals surface area contributed by atoms with Crippen LogP contribution in [0, 0.1) is 30.1 Å². The average molecular weight is 87.1 g/mol. The van der Waals surface area contributed by atoms with Gasteiger partial charge in [0.15, 0.2) is 0 Å². The van der Waals surface area contributed by atoms with Crippen LogP contribution < -0.4 is 0 Å². The van der Waals surface area contributed by atoms with E-state index >= 15 is 0 Å². The van der Waals surface area contributed by atoms with Gasteiger partial charge in [-0.05, 0) is 11.8 Å². The average Bonchev–Trinajstić information content (AvgIpc) is 2.42. The standard InChI is InChI=1S/C7H3/c1-2-3-4-7-5-6-7/h1,5-6H. The topological polar surface area (TPSA) is 0 Å². The molecule has 0 amide bonds. The van der Waals surface area contributed by atoms with Gasteiger partial charge in [0.05, 0.1) is 5.92 Å². The first kappa shape index (κ1) is 4.03. The molecular weight excluding hydrogens is 84.1 g/mol. The molecule has 0 aromatic rings. The van der Waals surface area contributed by atoms with Crippen molar-refractivity contribution in [3.63, 3.8) is 0 Å². The van der Waals surface area contributed by atoms with Crippen LogP contribution in [0.5, 0.6) is 0 Å². The van der Waals surface area contributed by atoms with Gasteiger partial charge in [-0.3, -0.25) is 0 Å². The van der Waals surface area contributed by atoms with Gasteiger partial charge in [-0.2, -0.15) is 0 Å². The van der Waals surface area contributed by atoms with Gasteiger partial charge in [0.1, 0.15) is 0 Å². The van der Waals surface area contributed by atoms with Crippen LogP contribution in [0.15, 0.2) is 12.2 Å². The van der Waals surface area contributed by atoms with E-state index in [0.717, 1.165) is 5.92 Å². The molecule has 1 aliphatic rings. The van der Waals surface area contributed by atoms with Crippen molar-refractivity contribution >= 4 is 0 Å². The van der Waals surface area contributed by atoms with Crippen LogP contribution in [-0.2, 0) is 0 Å². The molecule has 0 heterocycles. The summed E-state index contributed by atoms with van der Waals surface area (Å²) in [6.45, 7) is 0. The summed E-state index contributed by atoms with van der Waals surface area (Å²) >= 11 is 0. The van der Waals surface area contributed by atoms with E-state index in [4.69, 9.17) is 6.42 Å². The molecule has 0 aliphatic heterocycles. The lowest BCUT2D eigenvalue weighted by Gasteiger charge is -1.63. The molecule has 1 aliphatic carbocycles. The van der Waals surface area contributed by atoms with Gasteiger partial charge < -0.3 is 0 Å². The van der Waals surface area contributed by atoms with Crippen molar-refractivity contribution < 1.29 is 0 Å². The van der Waals surface area contributed by atoms with Gasteiger partial charge in [-0.15, -0.1) is 6.42 Å². The summed E-state index contributed by atoms with van der Waals surface area (Å²) in [6, 6.07) is 0. The van der Waals surface area contributed by atoms with E-state index in [-0.39, 0.29) is 0 Å². The van der Waals surface area contributed by atoms with E-state index in [2.05, 4.69) is 17.8 Å². The molecule has 0 bridgehead atoms. The molecule has 0 aromatic heterocycles. The van der Waals surface area contributed by atoms with Crippen LogP contribution in [0.1, 0.15) is 0 Å². The second-order valence-corrected chi connectivity index (χ2v) is 1.18. The minimum absolute atomic E-state index is 1.05. The van der Waals surface area contributed by atoms with Crippen LogP contribution >= 0.6 is 0 Å². The summed E-state index contributed by atoms with van der Waals surface area (Å²) in [5.74, 6) is 8.48. The highest BCUT2D eigenvalue weighted by atomic mass is 14.1. The molecule has 0 saturated heterocycles. The summed E-state index contributed by atoms with van der Waals surface area (Å²) in [6.07, 6.45) is 8.68. The van der Waals surface area contributed by atoms with Gasteiger partial charge >= 0.3 is 0 Å². The van der Waals surface area contributed by atoms with Gasteiger partial charge in [0, 0.05) is 0 Å². The zero-order valence-corrected chi connectivity index (χ0v) is 3.73. The Labute approximate surface area is 43.2 Å². The molecule has 0 nitrogen and oxygen atoms in total. The first-order valence-electron chi connectivity index (χ1n) is 1.95. The van der Waals surface area contributed by atoms with E-state index in [9.17, 15) is 0 Å². The monoisotopic (exact) mass is 87.0 g/mol. The minimum Gasteiger partial charge on any atom is -0.106 e. The maximum atomic E-state index is 4.84. The second kappa shape index (κ2) is 1.54. The van der Waals surface area contributed by atoms with Crippen molar-refractivity contribution in [2.75, 3.05) is 0 Å². The number of rotatable bonds is 0. The van der Waals surface area contributed by atoms with Crippen molar-refractivity contribution in [1.82, 2.24) is 0 Å². The Kier molecular flexibility index (Phi) is 0.886. The minimum atomic E-state index is 1.05. The van der Waals surface area contributed by atoms with E-state index in [1.165, 1.54) is 0 Å².